The minimum Gasteiger partial charge on any atom is -0.353 e. The van der Waals surface area contributed by atoms with Gasteiger partial charge < -0.3 is 10.2 Å². The summed E-state index contributed by atoms with van der Waals surface area (Å²) in [5.41, 5.74) is 2.47. The average molecular weight is 537 g/mol. The second-order valence-electron chi connectivity index (χ2n) is 8.37. The maximum atomic E-state index is 13.5. The van der Waals surface area contributed by atoms with E-state index in [0.717, 1.165) is 5.56 Å². The number of nitrogens with one attached hydrogen (secondary N) is 1. The maximum Gasteiger partial charge on any atom is 0.257 e. The molecule has 0 unspecified atom stereocenters. The van der Waals surface area contributed by atoms with Gasteiger partial charge in [0.2, 0.25) is 0 Å². The number of nitrogens with two attached hydrogens (primary N) is 1. The summed E-state index contributed by atoms with van der Waals surface area (Å²) in [5, 5.41) is 8.02. The van der Waals surface area contributed by atoms with E-state index in [0.29, 0.717) is 42.2 Å². The number of benzene rings is 2. The van der Waals surface area contributed by atoms with Crippen molar-refractivity contribution in [1.29, 1.82) is 0 Å². The monoisotopic (exact) mass is 536 g/mol. The fourth-order valence-corrected chi connectivity index (χ4v) is 5.40. The average Bonchev–Trinajstić information content (AvgIpc) is 2.82. The van der Waals surface area contributed by atoms with E-state index in [-0.39, 0.29) is 33.9 Å². The van der Waals surface area contributed by atoms with Crippen LogP contribution in [0.15, 0.2) is 53.7 Å². The number of aromatic nitrogens is 1. The highest BCUT2D eigenvalue weighted by Gasteiger charge is 2.29. The summed E-state index contributed by atoms with van der Waals surface area (Å²) >= 11 is 12.6. The Morgan fingerprint density at radius 3 is 2.43 bits per heavy atom. The molecule has 7 nitrogen and oxygen atoms in total. The van der Waals surface area contributed by atoms with Crippen molar-refractivity contribution in [3.63, 3.8) is 0 Å². The van der Waals surface area contributed by atoms with Gasteiger partial charge in [0.1, 0.15) is 10.8 Å². The molecule has 35 heavy (non-hydrogen) atoms. The van der Waals surface area contributed by atoms with E-state index < -0.39 is 15.0 Å². The van der Waals surface area contributed by atoms with Crippen molar-refractivity contribution in [2.24, 2.45) is 5.14 Å². The fourth-order valence-electron chi connectivity index (χ4n) is 4.15. The Bertz CT molecular complexity index is 1380. The molecule has 1 fully saturated rings. The van der Waals surface area contributed by atoms with E-state index in [1.54, 1.807) is 42.2 Å². The first kappa shape index (κ1) is 25.4. The second kappa shape index (κ2) is 10.1. The second-order valence-corrected chi connectivity index (χ2v) is 10.6. The number of halogens is 3. The number of nitrogens with zero attached hydrogens (tertiary/aromatic N) is 2. The molecule has 1 amide bonds. The van der Waals surface area contributed by atoms with Crippen LogP contribution in [0.3, 0.4) is 0 Å². The summed E-state index contributed by atoms with van der Waals surface area (Å²) in [4.78, 5) is 19.0. The summed E-state index contributed by atoms with van der Waals surface area (Å²) in [6.45, 7) is 2.71. The maximum absolute atomic E-state index is 13.5. The van der Waals surface area contributed by atoms with E-state index >= 15 is 0 Å². The number of hydrogen-bond donors (Lipinski definition) is 2. The zero-order valence-corrected chi connectivity index (χ0v) is 21.1. The van der Waals surface area contributed by atoms with Crippen LogP contribution in [0.4, 0.5) is 15.8 Å². The first-order chi connectivity index (χ1) is 16.6. The van der Waals surface area contributed by atoms with Gasteiger partial charge in [-0.3, -0.25) is 4.79 Å². The minimum atomic E-state index is -4.24. The van der Waals surface area contributed by atoms with Crippen molar-refractivity contribution in [3.05, 3.63) is 81.2 Å². The van der Waals surface area contributed by atoms with E-state index in [2.05, 4.69) is 10.3 Å². The Kier molecular flexibility index (Phi) is 7.32. The lowest BCUT2D eigenvalue weighted by Gasteiger charge is -2.33. The third-order valence-electron chi connectivity index (χ3n) is 6.14. The van der Waals surface area contributed by atoms with Crippen LogP contribution < -0.4 is 10.5 Å². The molecule has 2 aromatic carbocycles. The molecule has 0 atom stereocenters. The lowest BCUT2D eigenvalue weighted by molar-refractivity contribution is 0.0713. The number of amides is 1. The number of anilines is 2. The largest absolute Gasteiger partial charge is 0.353 e. The lowest BCUT2D eigenvalue weighted by atomic mass is 9.89. The summed E-state index contributed by atoms with van der Waals surface area (Å²) in [7, 11) is -4.24. The molecule has 3 N–H and O–H groups in total. The molecular weight excluding hydrogens is 514 g/mol. The summed E-state index contributed by atoms with van der Waals surface area (Å²) in [6, 6.07) is 11.6. The van der Waals surface area contributed by atoms with Crippen LogP contribution in [0.25, 0.3) is 0 Å². The number of rotatable bonds is 5. The van der Waals surface area contributed by atoms with E-state index in [9.17, 15) is 17.6 Å². The van der Waals surface area contributed by atoms with Crippen molar-refractivity contribution in [1.82, 2.24) is 9.88 Å². The lowest BCUT2D eigenvalue weighted by Crippen LogP contribution is -2.38. The molecule has 11 heteroatoms. The molecule has 3 aromatic rings. The smallest absolute Gasteiger partial charge is 0.257 e. The predicted molar refractivity (Wildman–Crippen MR) is 134 cm³/mol. The van der Waals surface area contributed by atoms with Crippen LogP contribution in [0.5, 0.6) is 0 Å². The summed E-state index contributed by atoms with van der Waals surface area (Å²) in [5.74, 6) is -0.429. The van der Waals surface area contributed by atoms with Crippen LogP contribution in [0, 0.1) is 12.7 Å². The van der Waals surface area contributed by atoms with E-state index in [1.165, 1.54) is 18.3 Å². The Morgan fingerprint density at radius 1 is 1.14 bits per heavy atom. The molecule has 2 heterocycles. The van der Waals surface area contributed by atoms with Gasteiger partial charge >= 0.3 is 0 Å². The topological polar surface area (TPSA) is 105 Å². The number of hydrogen-bond acceptors (Lipinski definition) is 5. The first-order valence-electron chi connectivity index (χ1n) is 10.8. The standard InChI is InChI=1S/C24H23Cl2FN4O3S/c1-14-19(25)3-2-4-20(14)30-22-18(13-29-23(21(22)26)35(28,33)34)24(32)31-11-9-16(10-12-31)15-5-7-17(27)8-6-15/h2-8,13,16H,9-12H2,1H3,(H,29,30)(H2,28,33,34). The quantitative estimate of drug-likeness (QED) is 0.463. The number of likely N-dealkylation sites (tertiary alicyclic amines) is 1. The fraction of sp³-hybridized carbons (Fsp3) is 0.250. The molecule has 0 saturated carbocycles. The Balaban J connectivity index is 1.64. The molecule has 0 spiro atoms. The molecule has 1 aromatic heterocycles. The molecule has 4 rings (SSSR count). The van der Waals surface area contributed by atoms with Crippen LogP contribution >= 0.6 is 23.2 Å². The summed E-state index contributed by atoms with van der Waals surface area (Å²) in [6.07, 6.45) is 2.57. The molecule has 0 aliphatic carbocycles. The van der Waals surface area contributed by atoms with Gasteiger partial charge in [0.15, 0.2) is 5.03 Å². The van der Waals surface area contributed by atoms with Crippen LogP contribution in [0.1, 0.15) is 40.2 Å². The van der Waals surface area contributed by atoms with Crippen LogP contribution in [0.2, 0.25) is 10.0 Å². The molecule has 0 bridgehead atoms. The third kappa shape index (κ3) is 5.43. The van der Waals surface area contributed by atoms with Gasteiger partial charge in [0.05, 0.1) is 11.3 Å². The summed E-state index contributed by atoms with van der Waals surface area (Å²) < 4.78 is 37.3. The predicted octanol–water partition coefficient (Wildman–Crippen LogP) is 5.25. The SMILES string of the molecule is Cc1c(Cl)cccc1Nc1c(C(=O)N2CCC(c3ccc(F)cc3)CC2)cnc(S(N)(=O)=O)c1Cl. The molecule has 1 aliphatic rings. The van der Waals surface area contributed by atoms with Crippen molar-refractivity contribution in [2.75, 3.05) is 18.4 Å². The Morgan fingerprint density at radius 2 is 1.80 bits per heavy atom. The number of pyridine rings is 1. The van der Waals surface area contributed by atoms with E-state index in [4.69, 9.17) is 28.3 Å². The van der Waals surface area contributed by atoms with Crippen molar-refractivity contribution < 1.29 is 17.6 Å². The van der Waals surface area contributed by atoms with E-state index in [1.807, 2.05) is 0 Å². The van der Waals surface area contributed by atoms with Crippen LogP contribution in [-0.2, 0) is 10.0 Å². The number of primary sulfonamides is 1. The van der Waals surface area contributed by atoms with Gasteiger partial charge in [-0.2, -0.15) is 0 Å². The third-order valence-corrected chi connectivity index (χ3v) is 7.88. The normalized spacial score (nSPS) is 14.7. The highest BCUT2D eigenvalue weighted by atomic mass is 35.5. The Hall–Kier alpha value is -2.72. The van der Waals surface area contributed by atoms with Crippen LogP contribution in [-0.4, -0.2) is 37.3 Å². The number of sulfonamides is 1. The van der Waals surface area contributed by atoms with Gasteiger partial charge in [-0.15, -0.1) is 0 Å². The zero-order valence-electron chi connectivity index (χ0n) is 18.8. The van der Waals surface area contributed by atoms with Gasteiger partial charge in [0.25, 0.3) is 15.9 Å². The van der Waals surface area contributed by atoms with Crippen molar-refractivity contribution in [3.8, 4) is 0 Å². The van der Waals surface area contributed by atoms with Gasteiger partial charge in [-0.05, 0) is 61.1 Å². The highest BCUT2D eigenvalue weighted by molar-refractivity contribution is 7.89. The van der Waals surface area contributed by atoms with Gasteiger partial charge in [-0.1, -0.05) is 41.4 Å². The molecule has 184 valence electrons. The molecule has 1 aliphatic heterocycles. The minimum absolute atomic E-state index is 0.0849. The van der Waals surface area contributed by atoms with Gasteiger partial charge in [-0.25, -0.2) is 22.9 Å². The van der Waals surface area contributed by atoms with Gasteiger partial charge in [0, 0.05) is 30.0 Å². The molecule has 1 saturated heterocycles. The first-order valence-corrected chi connectivity index (χ1v) is 13.1. The van der Waals surface area contributed by atoms with Crippen molar-refractivity contribution >= 4 is 50.5 Å². The number of carbonyl (C=O) groups excluding carboxylic acids is 1. The van der Waals surface area contributed by atoms with Crippen molar-refractivity contribution in [2.45, 2.75) is 30.7 Å². The number of carbonyl (C=O) groups is 1. The highest BCUT2D eigenvalue weighted by Crippen LogP contribution is 2.36. The Labute approximate surface area is 213 Å². The molecule has 0 radical (unpaired) electrons. The zero-order chi connectivity index (χ0) is 25.3. The number of piperidine rings is 1. The molecular formula is C24H23Cl2FN4O3S.